The maximum atomic E-state index is 14.3. The fourth-order valence-electron chi connectivity index (χ4n) is 12.7. The number of carbonyl (C=O) groups excluding carboxylic acids is 3. The van der Waals surface area contributed by atoms with Crippen LogP contribution < -0.4 is 0 Å². The predicted molar refractivity (Wildman–Crippen MR) is 379 cm³/mol. The molecule has 3 aliphatic rings. The zero-order chi connectivity index (χ0) is 73.2. The lowest BCUT2D eigenvalue weighted by atomic mass is 9.84. The van der Waals surface area contributed by atoms with Crippen molar-refractivity contribution >= 4 is 25.7 Å². The van der Waals surface area contributed by atoms with Gasteiger partial charge in [-0.3, -0.25) is 18.6 Å². The van der Waals surface area contributed by atoms with Gasteiger partial charge in [0, 0.05) is 18.9 Å². The number of esters is 3. The summed E-state index contributed by atoms with van der Waals surface area (Å²) in [5.74, 6) is -2.26. The van der Waals surface area contributed by atoms with Crippen molar-refractivity contribution in [3.63, 3.8) is 0 Å². The van der Waals surface area contributed by atoms with Crippen LogP contribution in [0.25, 0.3) is 0 Å². The van der Waals surface area contributed by atoms with Crippen molar-refractivity contribution in [3.05, 3.63) is 36.5 Å². The molecular formula is C75H135O24P. The maximum absolute atomic E-state index is 14.3. The third-order valence-corrected chi connectivity index (χ3v) is 20.0. The lowest BCUT2D eigenvalue weighted by Crippen LogP contribution is -2.69. The molecule has 11 N–H and O–H groups in total. The molecular weight excluding hydrogens is 1320 g/mol. The van der Waals surface area contributed by atoms with Crippen LogP contribution in [-0.4, -0.2) is 204 Å². The zero-order valence-electron chi connectivity index (χ0n) is 61.0. The van der Waals surface area contributed by atoms with Gasteiger partial charge < -0.3 is 89.1 Å². The average molecular weight is 1450 g/mol. The molecule has 3 rings (SSSR count). The van der Waals surface area contributed by atoms with Gasteiger partial charge in [0.05, 0.1) is 13.2 Å². The van der Waals surface area contributed by atoms with E-state index >= 15 is 0 Å². The second-order valence-electron chi connectivity index (χ2n) is 27.8. The number of phosphoric acid groups is 1. The molecule has 2 aliphatic heterocycles. The highest BCUT2D eigenvalue weighted by atomic mass is 31.2. The molecule has 2 heterocycles. The number of rotatable bonds is 60. The van der Waals surface area contributed by atoms with Gasteiger partial charge in [0.15, 0.2) is 18.7 Å². The Hall–Kier alpha value is -2.82. The van der Waals surface area contributed by atoms with Crippen LogP contribution in [-0.2, 0) is 61.2 Å². The number of unbranched alkanes of at least 4 members (excludes halogenated alkanes) is 36. The Bertz CT molecular complexity index is 2210. The van der Waals surface area contributed by atoms with Gasteiger partial charge in [-0.15, -0.1) is 0 Å². The molecule has 2 saturated heterocycles. The molecule has 18 unspecified atom stereocenters. The van der Waals surface area contributed by atoms with Crippen molar-refractivity contribution in [2.24, 2.45) is 0 Å². The summed E-state index contributed by atoms with van der Waals surface area (Å²) >= 11 is 0. The summed E-state index contributed by atoms with van der Waals surface area (Å²) < 4.78 is 64.8. The van der Waals surface area contributed by atoms with Gasteiger partial charge in [0.25, 0.3) is 0 Å². The minimum Gasteiger partial charge on any atom is -0.463 e. The van der Waals surface area contributed by atoms with Crippen LogP contribution >= 0.6 is 7.82 Å². The molecule has 1 saturated carbocycles. The van der Waals surface area contributed by atoms with Gasteiger partial charge in [0.1, 0.15) is 98.7 Å². The summed E-state index contributed by atoms with van der Waals surface area (Å²) in [7, 11) is -5.72. The highest BCUT2D eigenvalue weighted by Crippen LogP contribution is 2.49. The minimum absolute atomic E-state index is 0.0276. The van der Waals surface area contributed by atoms with Crippen LogP contribution in [0.15, 0.2) is 36.5 Å². The topological polar surface area (TPSA) is 374 Å². The quantitative estimate of drug-likeness (QED) is 0.00512. The van der Waals surface area contributed by atoms with Gasteiger partial charge in [-0.25, -0.2) is 9.36 Å². The van der Waals surface area contributed by atoms with Crippen LogP contribution in [0.5, 0.6) is 0 Å². The van der Waals surface area contributed by atoms with Gasteiger partial charge >= 0.3 is 25.7 Å². The number of hydrogen-bond acceptors (Lipinski definition) is 23. The number of aliphatic hydroxyl groups is 10. The van der Waals surface area contributed by atoms with E-state index in [9.17, 15) is 74.9 Å². The molecule has 25 heteroatoms. The molecule has 0 radical (unpaired) electrons. The van der Waals surface area contributed by atoms with Crippen LogP contribution in [0.1, 0.15) is 290 Å². The summed E-state index contributed by atoms with van der Waals surface area (Å²) in [6.07, 6.45) is 19.8. The first-order valence-electron chi connectivity index (χ1n) is 38.8. The SMILES string of the molecule is CCCCCCCCC/C=C\CCCCCC(=O)OC(COC(=O)/C=C/C=C/CCCCCCCCCCCCC)COP(=O)(O)OC1C(OC2OC(CO)C(O)C(O)C2O)C(O)C(O)C(O)C1OC1OC(COC(=O)CCCCCCCCCCCCCCCCCC)C(O)C(O)C1O. The molecule has 3 fully saturated rings. The minimum atomic E-state index is -5.72. The Morgan fingerprint density at radius 1 is 0.410 bits per heavy atom. The second-order valence-corrected chi connectivity index (χ2v) is 29.2. The Kier molecular flexibility index (Phi) is 51.6. The van der Waals surface area contributed by atoms with E-state index < -0.39 is 156 Å². The van der Waals surface area contributed by atoms with Crippen molar-refractivity contribution < 1.29 is 117 Å². The number of hydrogen-bond donors (Lipinski definition) is 11. The van der Waals surface area contributed by atoms with Crippen LogP contribution in [0.2, 0.25) is 0 Å². The Morgan fingerprint density at radius 2 is 0.780 bits per heavy atom. The van der Waals surface area contributed by atoms with E-state index in [1.165, 1.54) is 160 Å². The largest absolute Gasteiger partial charge is 0.472 e. The van der Waals surface area contributed by atoms with E-state index in [2.05, 4.69) is 32.9 Å². The number of ether oxygens (including phenoxy) is 7. The van der Waals surface area contributed by atoms with Crippen molar-refractivity contribution in [1.29, 1.82) is 0 Å². The molecule has 24 nitrogen and oxygen atoms in total. The first kappa shape index (κ1) is 91.4. The smallest absolute Gasteiger partial charge is 0.463 e. The Balaban J connectivity index is 1.74. The van der Waals surface area contributed by atoms with E-state index in [1.807, 2.05) is 6.08 Å². The van der Waals surface area contributed by atoms with Crippen molar-refractivity contribution in [1.82, 2.24) is 0 Å². The molecule has 584 valence electrons. The number of aliphatic hydroxyl groups excluding tert-OH is 10. The fourth-order valence-corrected chi connectivity index (χ4v) is 13.6. The van der Waals surface area contributed by atoms with E-state index in [0.717, 1.165) is 89.5 Å². The van der Waals surface area contributed by atoms with E-state index in [0.29, 0.717) is 19.3 Å². The molecule has 0 aromatic rings. The van der Waals surface area contributed by atoms with Gasteiger partial charge in [-0.2, -0.15) is 0 Å². The van der Waals surface area contributed by atoms with E-state index in [-0.39, 0.29) is 12.8 Å². The number of allylic oxidation sites excluding steroid dienone is 5. The zero-order valence-corrected chi connectivity index (χ0v) is 61.9. The molecule has 100 heavy (non-hydrogen) atoms. The number of phosphoric ester groups is 1. The summed E-state index contributed by atoms with van der Waals surface area (Å²) in [4.78, 5) is 50.9. The molecule has 0 spiro atoms. The van der Waals surface area contributed by atoms with Gasteiger partial charge in [-0.05, 0) is 51.4 Å². The summed E-state index contributed by atoms with van der Waals surface area (Å²) in [5.41, 5.74) is 0. The molecule has 0 aromatic heterocycles. The first-order chi connectivity index (χ1) is 48.3. The van der Waals surface area contributed by atoms with Crippen LogP contribution in [0.4, 0.5) is 0 Å². The first-order valence-corrected chi connectivity index (χ1v) is 40.3. The lowest BCUT2D eigenvalue weighted by Gasteiger charge is -2.49. The third-order valence-electron chi connectivity index (χ3n) is 19.0. The number of carbonyl (C=O) groups is 3. The highest BCUT2D eigenvalue weighted by molar-refractivity contribution is 7.47. The average Bonchev–Trinajstić information content (AvgIpc) is 0.761. The van der Waals surface area contributed by atoms with Crippen molar-refractivity contribution in [2.45, 2.75) is 395 Å². The Labute approximate surface area is 597 Å². The lowest BCUT2D eigenvalue weighted by molar-refractivity contribution is -0.360. The Morgan fingerprint density at radius 3 is 1.22 bits per heavy atom. The van der Waals surface area contributed by atoms with E-state index in [4.69, 9.17) is 42.2 Å². The molecule has 0 amide bonds. The molecule has 18 atom stereocenters. The van der Waals surface area contributed by atoms with Crippen LogP contribution in [0.3, 0.4) is 0 Å². The fraction of sp³-hybridized carbons (Fsp3) is 0.880. The van der Waals surface area contributed by atoms with Crippen LogP contribution in [0, 0.1) is 0 Å². The molecule has 0 bridgehead atoms. The third kappa shape index (κ3) is 39.0. The molecule has 0 aromatic carbocycles. The van der Waals surface area contributed by atoms with Gasteiger partial charge in [0.2, 0.25) is 0 Å². The standard InChI is InChI=1S/C75H135O24P/c1-4-7-10-13-16-19-22-25-28-30-33-35-38-41-44-47-50-60(78)92-55-58-63(81)65(83)70(88)75(96-58)98-72-68(86)66(84)67(85)71(97-74-69(87)64(82)62(80)57(52-76)95-74)73(72)99-100(89,90)93-54-56(94-61(79)51-48-45-42-39-36-31-27-24-21-18-15-12-9-6-3)53-91-59(77)49-46-43-40-37-34-32-29-26-23-20-17-14-11-8-5-2/h31,36,40,43,46,49,56-58,62-76,80-88H,4-30,32-35,37-39,41-42,44-45,47-48,50-55H2,1-3H3,(H,89,90)/b36-31-,43-40+,49-46+. The van der Waals surface area contributed by atoms with Crippen molar-refractivity contribution in [3.8, 4) is 0 Å². The van der Waals surface area contributed by atoms with Gasteiger partial charge in [-0.1, -0.05) is 257 Å². The second kappa shape index (κ2) is 56.5. The monoisotopic (exact) mass is 1450 g/mol. The predicted octanol–water partition coefficient (Wildman–Crippen LogP) is 11.1. The van der Waals surface area contributed by atoms with Crippen molar-refractivity contribution in [2.75, 3.05) is 26.4 Å². The molecule has 1 aliphatic carbocycles. The van der Waals surface area contributed by atoms with E-state index in [1.54, 1.807) is 6.08 Å². The summed E-state index contributed by atoms with van der Waals surface area (Å²) in [6, 6.07) is 0. The normalized spacial score (nSPS) is 27.5. The maximum Gasteiger partial charge on any atom is 0.472 e. The highest BCUT2D eigenvalue weighted by Gasteiger charge is 2.58. The summed E-state index contributed by atoms with van der Waals surface area (Å²) in [6.45, 7) is 3.33. The summed E-state index contributed by atoms with van der Waals surface area (Å²) in [5, 5.41) is 110.